The zero-order valence-corrected chi connectivity index (χ0v) is 6.93. The summed E-state index contributed by atoms with van der Waals surface area (Å²) in [6.45, 7) is 0. The largest absolute Gasteiger partial charge is 0.478 e. The van der Waals surface area contributed by atoms with Crippen LogP contribution in [0.2, 0.25) is 0 Å². The molecule has 0 saturated heterocycles. The van der Waals surface area contributed by atoms with Gasteiger partial charge in [0.1, 0.15) is 0 Å². The van der Waals surface area contributed by atoms with Crippen LogP contribution in [0, 0.1) is 10.1 Å². The quantitative estimate of drug-likeness (QED) is 0.370. The molecular weight excluding hydrogens is 190 g/mol. The lowest BCUT2D eigenvalue weighted by atomic mass is 10.1. The first-order valence-corrected chi connectivity index (χ1v) is 3.54. The molecule has 0 unspecified atom stereocenters. The smallest absolute Gasteiger partial charge is 0.338 e. The number of rotatable bonds is 3. The van der Waals surface area contributed by atoms with E-state index in [0.717, 1.165) is 6.07 Å². The normalized spacial score (nSPS) is 9.50. The fourth-order valence-corrected chi connectivity index (χ4v) is 0.949. The van der Waals surface area contributed by atoms with Crippen LogP contribution in [0.3, 0.4) is 0 Å². The lowest BCUT2D eigenvalue weighted by Gasteiger charge is -2.03. The molecule has 0 aliphatic heterocycles. The predicted octanol–water partition coefficient (Wildman–Crippen LogP) is 0.579. The number of aromatic carboxylic acids is 1. The summed E-state index contributed by atoms with van der Waals surface area (Å²) in [5.41, 5.74) is 1.74. The third-order valence-electron chi connectivity index (χ3n) is 1.60. The van der Waals surface area contributed by atoms with Gasteiger partial charge in [-0.2, -0.15) is 0 Å². The number of carboxylic acid groups (broad SMARTS) is 1. The van der Waals surface area contributed by atoms with Gasteiger partial charge >= 0.3 is 5.97 Å². The van der Waals surface area contributed by atoms with Crippen LogP contribution in [0.15, 0.2) is 18.2 Å². The molecule has 0 aliphatic carbocycles. The minimum atomic E-state index is -1.28. The van der Waals surface area contributed by atoms with Crippen LogP contribution in [-0.2, 0) is 0 Å². The molecule has 0 aliphatic rings. The van der Waals surface area contributed by atoms with Crippen molar-refractivity contribution in [2.24, 2.45) is 5.84 Å². The molecule has 14 heavy (non-hydrogen) atoms. The van der Waals surface area contributed by atoms with Gasteiger partial charge in [-0.05, 0) is 6.07 Å². The second kappa shape index (κ2) is 3.71. The lowest BCUT2D eigenvalue weighted by Crippen LogP contribution is -2.12. The Hall–Kier alpha value is -2.15. The molecule has 0 spiro atoms. The SMILES string of the molecule is NNc1ccc([N+](=O)[O-])cc1C(=O)O. The lowest BCUT2D eigenvalue weighted by molar-refractivity contribution is -0.384. The summed E-state index contributed by atoms with van der Waals surface area (Å²) in [4.78, 5) is 20.3. The summed E-state index contributed by atoms with van der Waals surface area (Å²) in [6.07, 6.45) is 0. The van der Waals surface area contributed by atoms with E-state index in [9.17, 15) is 14.9 Å². The Morgan fingerprint density at radius 1 is 1.57 bits per heavy atom. The average Bonchev–Trinajstić information content (AvgIpc) is 2.16. The van der Waals surface area contributed by atoms with Crippen molar-refractivity contribution in [1.29, 1.82) is 0 Å². The zero-order chi connectivity index (χ0) is 10.7. The van der Waals surface area contributed by atoms with Gasteiger partial charge in [0.25, 0.3) is 5.69 Å². The number of hydrogen-bond acceptors (Lipinski definition) is 5. The number of benzene rings is 1. The number of anilines is 1. The summed E-state index contributed by atoms with van der Waals surface area (Å²) < 4.78 is 0. The molecule has 0 amide bonds. The van der Waals surface area contributed by atoms with Gasteiger partial charge in [-0.25, -0.2) is 4.79 Å². The van der Waals surface area contributed by atoms with E-state index in [2.05, 4.69) is 5.43 Å². The topological polar surface area (TPSA) is 118 Å². The van der Waals surface area contributed by atoms with E-state index in [1.807, 2.05) is 0 Å². The molecule has 74 valence electrons. The fourth-order valence-electron chi connectivity index (χ4n) is 0.949. The highest BCUT2D eigenvalue weighted by molar-refractivity contribution is 5.94. The molecule has 0 bridgehead atoms. The number of nitrogens with two attached hydrogens (primary N) is 1. The van der Waals surface area contributed by atoms with Crippen molar-refractivity contribution < 1.29 is 14.8 Å². The molecule has 7 nitrogen and oxygen atoms in total. The fraction of sp³-hybridized carbons (Fsp3) is 0. The van der Waals surface area contributed by atoms with E-state index >= 15 is 0 Å². The van der Waals surface area contributed by atoms with Crippen LogP contribution in [-0.4, -0.2) is 16.0 Å². The number of hydrogen-bond donors (Lipinski definition) is 3. The van der Waals surface area contributed by atoms with Crippen LogP contribution in [0.4, 0.5) is 11.4 Å². The van der Waals surface area contributed by atoms with Gasteiger partial charge in [0.15, 0.2) is 0 Å². The first-order valence-electron chi connectivity index (χ1n) is 3.54. The molecule has 4 N–H and O–H groups in total. The summed E-state index contributed by atoms with van der Waals surface area (Å²) in [7, 11) is 0. The molecule has 0 atom stereocenters. The Morgan fingerprint density at radius 2 is 2.21 bits per heavy atom. The van der Waals surface area contributed by atoms with Gasteiger partial charge in [-0.1, -0.05) is 0 Å². The summed E-state index contributed by atoms with van der Waals surface area (Å²) in [5, 5.41) is 19.0. The minimum Gasteiger partial charge on any atom is -0.478 e. The van der Waals surface area contributed by atoms with E-state index in [4.69, 9.17) is 10.9 Å². The number of nitro benzene ring substituents is 1. The second-order valence-electron chi connectivity index (χ2n) is 2.44. The standard InChI is InChI=1S/C7H7N3O4/c8-9-6-2-1-4(10(13)14)3-5(6)7(11)12/h1-3,9H,8H2,(H,11,12). The Labute approximate surface area is 78.3 Å². The Kier molecular flexibility index (Phi) is 2.63. The molecule has 0 saturated carbocycles. The molecule has 1 aromatic rings. The zero-order valence-electron chi connectivity index (χ0n) is 6.93. The molecular formula is C7H7N3O4. The molecule has 1 aromatic carbocycles. The first kappa shape index (κ1) is 9.93. The van der Waals surface area contributed by atoms with Gasteiger partial charge in [-0.15, -0.1) is 0 Å². The summed E-state index contributed by atoms with van der Waals surface area (Å²) >= 11 is 0. The van der Waals surface area contributed by atoms with Crippen molar-refractivity contribution in [2.45, 2.75) is 0 Å². The molecule has 0 aromatic heterocycles. The maximum absolute atomic E-state index is 10.6. The van der Waals surface area contributed by atoms with Crippen molar-refractivity contribution in [3.05, 3.63) is 33.9 Å². The maximum Gasteiger partial charge on any atom is 0.338 e. The highest BCUT2D eigenvalue weighted by atomic mass is 16.6. The van der Waals surface area contributed by atoms with Gasteiger partial charge in [-0.3, -0.25) is 16.0 Å². The van der Waals surface area contributed by atoms with Gasteiger partial charge in [0, 0.05) is 12.1 Å². The predicted molar refractivity (Wildman–Crippen MR) is 47.9 cm³/mol. The maximum atomic E-state index is 10.6. The molecule has 0 radical (unpaired) electrons. The monoisotopic (exact) mass is 197 g/mol. The van der Waals surface area contributed by atoms with E-state index in [-0.39, 0.29) is 16.9 Å². The number of carboxylic acids is 1. The molecule has 0 fully saturated rings. The van der Waals surface area contributed by atoms with Crippen LogP contribution in [0.25, 0.3) is 0 Å². The van der Waals surface area contributed by atoms with Crippen molar-refractivity contribution in [1.82, 2.24) is 0 Å². The van der Waals surface area contributed by atoms with Crippen molar-refractivity contribution in [3.8, 4) is 0 Å². The highest BCUT2D eigenvalue weighted by Gasteiger charge is 2.14. The highest BCUT2D eigenvalue weighted by Crippen LogP contribution is 2.21. The first-order chi connectivity index (χ1) is 6.56. The van der Waals surface area contributed by atoms with Crippen molar-refractivity contribution in [2.75, 3.05) is 5.43 Å². The molecule has 1 rings (SSSR count). The number of non-ortho nitro benzene ring substituents is 1. The van der Waals surface area contributed by atoms with Crippen LogP contribution < -0.4 is 11.3 Å². The van der Waals surface area contributed by atoms with E-state index in [1.54, 1.807) is 0 Å². The Bertz CT molecular complexity index is 391. The summed E-state index contributed by atoms with van der Waals surface area (Å²) in [5.74, 6) is 3.76. The summed E-state index contributed by atoms with van der Waals surface area (Å²) in [6, 6.07) is 3.35. The van der Waals surface area contributed by atoms with E-state index in [1.165, 1.54) is 12.1 Å². The number of nitrogens with one attached hydrogen (secondary N) is 1. The number of hydrazine groups is 1. The van der Waals surface area contributed by atoms with Gasteiger partial charge in [0.05, 0.1) is 16.2 Å². The number of carbonyl (C=O) groups is 1. The third kappa shape index (κ3) is 1.77. The number of nitrogens with zero attached hydrogens (tertiary/aromatic N) is 1. The van der Waals surface area contributed by atoms with Crippen LogP contribution in [0.1, 0.15) is 10.4 Å². The number of nitrogen functional groups attached to an aromatic ring is 1. The average molecular weight is 197 g/mol. The third-order valence-corrected chi connectivity index (χ3v) is 1.60. The van der Waals surface area contributed by atoms with E-state index < -0.39 is 10.9 Å². The Morgan fingerprint density at radius 3 is 2.64 bits per heavy atom. The van der Waals surface area contributed by atoms with Gasteiger partial charge < -0.3 is 10.5 Å². The molecule has 0 heterocycles. The number of nitro groups is 1. The van der Waals surface area contributed by atoms with Crippen LogP contribution >= 0.6 is 0 Å². The molecule has 7 heteroatoms. The van der Waals surface area contributed by atoms with E-state index in [0.29, 0.717) is 0 Å². The van der Waals surface area contributed by atoms with Crippen LogP contribution in [0.5, 0.6) is 0 Å². The van der Waals surface area contributed by atoms with Gasteiger partial charge in [0.2, 0.25) is 0 Å². The second-order valence-corrected chi connectivity index (χ2v) is 2.44. The minimum absolute atomic E-state index is 0.128. The van der Waals surface area contributed by atoms with Crippen molar-refractivity contribution in [3.63, 3.8) is 0 Å². The van der Waals surface area contributed by atoms with Crippen molar-refractivity contribution >= 4 is 17.3 Å². The Balaban J connectivity index is 3.27.